The molecule has 2 aromatic carbocycles. The fourth-order valence-electron chi connectivity index (χ4n) is 3.19. The summed E-state index contributed by atoms with van der Waals surface area (Å²) in [4.78, 5) is 36.2. The number of nitrogens with one attached hydrogen (secondary N) is 2. The summed E-state index contributed by atoms with van der Waals surface area (Å²) in [7, 11) is 0. The number of carbonyl (C=O) groups is 2. The number of aromatic amines is 1. The van der Waals surface area contributed by atoms with E-state index in [1.807, 2.05) is 25.1 Å². The van der Waals surface area contributed by atoms with Gasteiger partial charge in [-0.25, -0.2) is 0 Å². The highest BCUT2D eigenvalue weighted by Crippen LogP contribution is 2.28. The van der Waals surface area contributed by atoms with Crippen LogP contribution in [0.3, 0.4) is 0 Å². The molecule has 156 valence electrons. The Balaban J connectivity index is 1.95. The van der Waals surface area contributed by atoms with Crippen LogP contribution in [-0.4, -0.2) is 33.1 Å². The van der Waals surface area contributed by atoms with Crippen LogP contribution in [-0.2, 0) is 9.53 Å². The summed E-state index contributed by atoms with van der Waals surface area (Å²) in [6.07, 6.45) is -0.603. The van der Waals surface area contributed by atoms with Gasteiger partial charge in [-0.1, -0.05) is 29.8 Å². The van der Waals surface area contributed by atoms with Gasteiger partial charge in [0.25, 0.3) is 11.6 Å². The Morgan fingerprint density at radius 1 is 1.23 bits per heavy atom. The number of hydrogen-bond donors (Lipinski definition) is 2. The van der Waals surface area contributed by atoms with Crippen molar-refractivity contribution in [3.05, 3.63) is 69.4 Å². The third-order valence-electron chi connectivity index (χ3n) is 4.49. The number of carbonyl (C=O) groups excluding carboxylic acids is 2. The minimum absolute atomic E-state index is 0.148. The molecule has 0 saturated carbocycles. The second-order valence-electron chi connectivity index (χ2n) is 7.21. The number of esters is 1. The van der Waals surface area contributed by atoms with Gasteiger partial charge < -0.3 is 10.1 Å². The number of nitro groups is 1. The van der Waals surface area contributed by atoms with Crippen molar-refractivity contribution in [3.8, 4) is 0 Å². The Kier molecular flexibility index (Phi) is 6.10. The molecule has 0 radical (unpaired) electrons. The van der Waals surface area contributed by atoms with Gasteiger partial charge in [0.1, 0.15) is 0 Å². The lowest BCUT2D eigenvalue weighted by atomic mass is 10.0. The second-order valence-corrected chi connectivity index (χ2v) is 7.21. The molecule has 0 aliphatic heterocycles. The number of ether oxygens (including phenoxy) is 1. The van der Waals surface area contributed by atoms with E-state index in [0.29, 0.717) is 10.9 Å². The van der Waals surface area contributed by atoms with Gasteiger partial charge in [-0.15, -0.1) is 0 Å². The third kappa shape index (κ3) is 4.62. The first kappa shape index (κ1) is 21.0. The standard InChI is InChI=1S/C21H22N4O5/c1-12(2)30-19(26)11-17(14-6-4-5-7-18(14)25(28)29)22-21(27)20-15-10-13(3)8-9-16(15)23-24-20/h4-10,12,17H,11H2,1-3H3,(H,22,27)(H,23,24). The summed E-state index contributed by atoms with van der Waals surface area (Å²) >= 11 is 0. The number of aryl methyl sites for hydroxylation is 1. The first-order valence-electron chi connectivity index (χ1n) is 9.44. The molecule has 0 aliphatic carbocycles. The van der Waals surface area contributed by atoms with Crippen molar-refractivity contribution in [1.29, 1.82) is 0 Å². The first-order valence-corrected chi connectivity index (χ1v) is 9.44. The van der Waals surface area contributed by atoms with E-state index in [9.17, 15) is 19.7 Å². The Labute approximate surface area is 172 Å². The van der Waals surface area contributed by atoms with Gasteiger partial charge in [-0.05, 0) is 32.9 Å². The number of hydrogen-bond acceptors (Lipinski definition) is 6. The van der Waals surface area contributed by atoms with E-state index in [0.717, 1.165) is 5.56 Å². The highest BCUT2D eigenvalue weighted by Gasteiger charge is 2.28. The zero-order chi connectivity index (χ0) is 21.8. The quantitative estimate of drug-likeness (QED) is 0.348. The number of H-pyrrole nitrogens is 1. The molecule has 0 spiro atoms. The fourth-order valence-corrected chi connectivity index (χ4v) is 3.19. The molecule has 9 heteroatoms. The van der Waals surface area contributed by atoms with E-state index in [4.69, 9.17) is 4.74 Å². The number of fused-ring (bicyclic) bond motifs is 1. The number of amides is 1. The van der Waals surface area contributed by atoms with Crippen molar-refractivity contribution in [2.45, 2.75) is 39.3 Å². The Morgan fingerprint density at radius 3 is 2.67 bits per heavy atom. The largest absolute Gasteiger partial charge is 0.463 e. The Morgan fingerprint density at radius 2 is 1.97 bits per heavy atom. The number of aromatic nitrogens is 2. The summed E-state index contributed by atoms with van der Waals surface area (Å²) in [5, 5.41) is 21.7. The van der Waals surface area contributed by atoms with E-state index in [1.54, 1.807) is 19.9 Å². The highest BCUT2D eigenvalue weighted by molar-refractivity contribution is 6.05. The smallest absolute Gasteiger partial charge is 0.308 e. The van der Waals surface area contributed by atoms with Gasteiger partial charge in [0, 0.05) is 11.5 Å². The van der Waals surface area contributed by atoms with Crippen molar-refractivity contribution in [1.82, 2.24) is 15.5 Å². The molecule has 0 aliphatic rings. The first-order chi connectivity index (χ1) is 14.3. The average molecular weight is 410 g/mol. The molecule has 3 aromatic rings. The number of nitro benzene ring substituents is 1. The molecule has 0 bridgehead atoms. The molecule has 1 amide bonds. The van der Waals surface area contributed by atoms with Crippen molar-refractivity contribution in [2.75, 3.05) is 0 Å². The molecule has 1 unspecified atom stereocenters. The molecular formula is C21H22N4O5. The summed E-state index contributed by atoms with van der Waals surface area (Å²) in [6.45, 7) is 5.30. The van der Waals surface area contributed by atoms with Crippen LogP contribution in [0.1, 0.15) is 47.9 Å². The molecule has 2 N–H and O–H groups in total. The SMILES string of the molecule is Cc1ccc2[nH]nc(C(=O)NC(CC(=O)OC(C)C)c3ccccc3[N+](=O)[O-])c2c1. The van der Waals surface area contributed by atoms with Crippen LogP contribution in [0, 0.1) is 17.0 Å². The van der Waals surface area contributed by atoms with E-state index in [2.05, 4.69) is 15.5 Å². The number of nitrogens with zero attached hydrogens (tertiary/aromatic N) is 2. The van der Waals surface area contributed by atoms with E-state index in [1.165, 1.54) is 18.2 Å². The van der Waals surface area contributed by atoms with Crippen LogP contribution >= 0.6 is 0 Å². The van der Waals surface area contributed by atoms with Gasteiger partial charge in [0.15, 0.2) is 5.69 Å². The predicted molar refractivity (Wildman–Crippen MR) is 110 cm³/mol. The fraction of sp³-hybridized carbons (Fsp3) is 0.286. The molecule has 1 heterocycles. The lowest BCUT2D eigenvalue weighted by Gasteiger charge is -2.19. The van der Waals surface area contributed by atoms with Gasteiger partial charge >= 0.3 is 5.97 Å². The van der Waals surface area contributed by atoms with Crippen LogP contribution in [0.5, 0.6) is 0 Å². The Hall–Kier alpha value is -3.75. The lowest BCUT2D eigenvalue weighted by molar-refractivity contribution is -0.385. The molecular weight excluding hydrogens is 388 g/mol. The zero-order valence-corrected chi connectivity index (χ0v) is 16.8. The normalized spacial score (nSPS) is 12.0. The van der Waals surface area contributed by atoms with E-state index in [-0.39, 0.29) is 29.5 Å². The van der Waals surface area contributed by atoms with Crippen LogP contribution in [0.2, 0.25) is 0 Å². The minimum atomic E-state index is -0.957. The maximum absolute atomic E-state index is 13.0. The summed E-state index contributed by atoms with van der Waals surface area (Å²) in [5.41, 5.74) is 1.81. The van der Waals surface area contributed by atoms with Crippen molar-refractivity contribution in [3.63, 3.8) is 0 Å². The lowest BCUT2D eigenvalue weighted by Crippen LogP contribution is -2.32. The number of benzene rings is 2. The maximum atomic E-state index is 13.0. The summed E-state index contributed by atoms with van der Waals surface area (Å²) in [5.74, 6) is -1.12. The van der Waals surface area contributed by atoms with Crippen molar-refractivity contribution in [2.24, 2.45) is 0 Å². The van der Waals surface area contributed by atoms with Crippen molar-refractivity contribution < 1.29 is 19.2 Å². The molecule has 30 heavy (non-hydrogen) atoms. The highest BCUT2D eigenvalue weighted by atomic mass is 16.6. The molecule has 3 rings (SSSR count). The van der Waals surface area contributed by atoms with Crippen molar-refractivity contribution >= 4 is 28.5 Å². The second kappa shape index (κ2) is 8.73. The molecule has 1 aromatic heterocycles. The predicted octanol–water partition coefficient (Wildman–Crippen LogP) is 3.59. The topological polar surface area (TPSA) is 127 Å². The van der Waals surface area contributed by atoms with Gasteiger partial charge in [-0.3, -0.25) is 24.8 Å². The number of rotatable bonds is 7. The monoisotopic (exact) mass is 410 g/mol. The van der Waals surface area contributed by atoms with E-state index >= 15 is 0 Å². The summed E-state index contributed by atoms with van der Waals surface area (Å²) < 4.78 is 5.18. The molecule has 9 nitrogen and oxygen atoms in total. The Bertz CT molecular complexity index is 1110. The zero-order valence-electron chi connectivity index (χ0n) is 16.8. The molecule has 0 fully saturated rings. The average Bonchev–Trinajstić information content (AvgIpc) is 3.09. The third-order valence-corrected chi connectivity index (χ3v) is 4.49. The van der Waals surface area contributed by atoms with Gasteiger partial charge in [0.05, 0.1) is 34.6 Å². The van der Waals surface area contributed by atoms with Crippen LogP contribution in [0.15, 0.2) is 42.5 Å². The van der Waals surface area contributed by atoms with Crippen LogP contribution in [0.4, 0.5) is 5.69 Å². The van der Waals surface area contributed by atoms with Gasteiger partial charge in [-0.2, -0.15) is 5.10 Å². The number of para-hydroxylation sites is 1. The van der Waals surface area contributed by atoms with Crippen LogP contribution < -0.4 is 5.32 Å². The maximum Gasteiger partial charge on any atom is 0.308 e. The summed E-state index contributed by atoms with van der Waals surface area (Å²) in [6, 6.07) is 10.5. The van der Waals surface area contributed by atoms with Gasteiger partial charge in [0.2, 0.25) is 0 Å². The molecule has 1 atom stereocenters. The minimum Gasteiger partial charge on any atom is -0.463 e. The molecule has 0 saturated heterocycles. The van der Waals surface area contributed by atoms with E-state index < -0.39 is 22.8 Å². The van der Waals surface area contributed by atoms with Crippen LogP contribution in [0.25, 0.3) is 10.9 Å².